The van der Waals surface area contributed by atoms with E-state index in [1.54, 1.807) is 60.7 Å². The number of benzene rings is 3. The first-order chi connectivity index (χ1) is 13.1. The number of nitrogens with zero attached hydrogens (tertiary/aromatic N) is 1. The fourth-order valence-corrected chi connectivity index (χ4v) is 2.45. The largest absolute Gasteiger partial charge is 0.300 e. The molecule has 0 aliphatic rings. The Hall–Kier alpha value is -3.18. The second-order valence-corrected chi connectivity index (χ2v) is 6.18. The van der Waals surface area contributed by atoms with Gasteiger partial charge in [0.25, 0.3) is 0 Å². The van der Waals surface area contributed by atoms with Gasteiger partial charge in [-0.15, -0.1) is 0 Å². The van der Waals surface area contributed by atoms with Gasteiger partial charge in [-0.25, -0.2) is 4.39 Å². The maximum absolute atomic E-state index is 13.1. The van der Waals surface area contributed by atoms with Crippen molar-refractivity contribution < 1.29 is 9.18 Å². The van der Waals surface area contributed by atoms with Gasteiger partial charge < -0.3 is 0 Å². The molecular weight excluding hydrogens is 365 g/mol. The van der Waals surface area contributed by atoms with E-state index in [0.29, 0.717) is 10.6 Å². The zero-order valence-electron chi connectivity index (χ0n) is 14.3. The lowest BCUT2D eigenvalue weighted by Gasteiger charge is -2.12. The molecule has 2 N–H and O–H groups in total. The van der Waals surface area contributed by atoms with Crippen molar-refractivity contribution in [3.63, 3.8) is 0 Å². The summed E-state index contributed by atoms with van der Waals surface area (Å²) in [5.74, 6) is -0.412. The Morgan fingerprint density at radius 2 is 1.59 bits per heavy atom. The van der Waals surface area contributed by atoms with Gasteiger partial charge >= 0.3 is 0 Å². The molecule has 0 heterocycles. The molecule has 136 valence electrons. The zero-order chi connectivity index (χ0) is 19.1. The number of anilines is 1. The quantitative estimate of drug-likeness (QED) is 0.277. The molecule has 27 heavy (non-hydrogen) atoms. The lowest BCUT2D eigenvalue weighted by atomic mass is 10.1. The van der Waals surface area contributed by atoms with Crippen molar-refractivity contribution in [2.45, 2.75) is 6.54 Å². The van der Waals surface area contributed by atoms with Gasteiger partial charge in [0, 0.05) is 10.6 Å². The lowest BCUT2D eigenvalue weighted by molar-refractivity contribution is 0.106. The summed E-state index contributed by atoms with van der Waals surface area (Å²) in [6.45, 7) is 0.240. The predicted octanol–water partition coefficient (Wildman–Crippen LogP) is 4.88. The Bertz CT molecular complexity index is 926. The van der Waals surface area contributed by atoms with Gasteiger partial charge in [-0.3, -0.25) is 20.6 Å². The number of ketones is 1. The lowest BCUT2D eigenvalue weighted by Crippen LogP contribution is -2.36. The molecule has 3 rings (SSSR count). The van der Waals surface area contributed by atoms with E-state index in [1.165, 1.54) is 12.1 Å². The van der Waals surface area contributed by atoms with Crippen LogP contribution >= 0.6 is 11.6 Å². The number of hydrazine groups is 1. The number of carbonyl (C=O) groups is 1. The van der Waals surface area contributed by atoms with Gasteiger partial charge in [-0.05, 0) is 42.0 Å². The summed E-state index contributed by atoms with van der Waals surface area (Å²) in [4.78, 5) is 17.2. The number of rotatable bonds is 6. The van der Waals surface area contributed by atoms with Crippen LogP contribution in [0.1, 0.15) is 15.9 Å². The highest BCUT2D eigenvalue weighted by atomic mass is 35.5. The Labute approximate surface area is 161 Å². The van der Waals surface area contributed by atoms with Crippen LogP contribution in [-0.2, 0) is 6.54 Å². The van der Waals surface area contributed by atoms with E-state index < -0.39 is 0 Å². The van der Waals surface area contributed by atoms with Crippen LogP contribution in [0.3, 0.4) is 0 Å². The number of Topliss-reactive ketones (excluding diaryl/α,β-unsaturated/α-hetero) is 1. The minimum Gasteiger partial charge on any atom is -0.300 e. The molecule has 0 spiro atoms. The predicted molar refractivity (Wildman–Crippen MR) is 107 cm³/mol. The average Bonchev–Trinajstić information content (AvgIpc) is 2.71. The fraction of sp³-hybridized carbons (Fsp3) is 0.0476. The van der Waals surface area contributed by atoms with Gasteiger partial charge in [-0.1, -0.05) is 54.1 Å². The van der Waals surface area contributed by atoms with Gasteiger partial charge in [0.2, 0.25) is 5.78 Å². The molecule has 4 nitrogen and oxygen atoms in total. The average molecular weight is 382 g/mol. The summed E-state index contributed by atoms with van der Waals surface area (Å²) >= 11 is 5.88. The molecule has 0 fully saturated rings. The van der Waals surface area contributed by atoms with Crippen molar-refractivity contribution in [2.75, 3.05) is 5.43 Å². The number of hydrogen-bond acceptors (Lipinski definition) is 3. The minimum atomic E-state index is -0.314. The van der Waals surface area contributed by atoms with Crippen molar-refractivity contribution >= 4 is 28.9 Å². The minimum absolute atomic E-state index is 0.153. The maximum Gasteiger partial charge on any atom is 0.229 e. The van der Waals surface area contributed by atoms with Crippen LogP contribution in [0.5, 0.6) is 0 Å². The van der Waals surface area contributed by atoms with Gasteiger partial charge in [-0.2, -0.15) is 0 Å². The van der Waals surface area contributed by atoms with E-state index in [2.05, 4.69) is 15.8 Å². The van der Waals surface area contributed by atoms with Crippen LogP contribution in [0, 0.1) is 5.82 Å². The summed E-state index contributed by atoms with van der Waals surface area (Å²) in [5, 5.41) is 0.617. The second kappa shape index (κ2) is 8.96. The first-order valence-electron chi connectivity index (χ1n) is 8.28. The Morgan fingerprint density at radius 1 is 0.926 bits per heavy atom. The normalized spacial score (nSPS) is 11.1. The molecule has 0 atom stereocenters. The van der Waals surface area contributed by atoms with Gasteiger partial charge in [0.15, 0.2) is 5.84 Å². The third-order valence-corrected chi connectivity index (χ3v) is 4.01. The molecule has 0 aliphatic heterocycles. The highest BCUT2D eigenvalue weighted by molar-refractivity contribution is 6.45. The summed E-state index contributed by atoms with van der Waals surface area (Å²) < 4.78 is 13.1. The van der Waals surface area contributed by atoms with E-state index in [9.17, 15) is 9.18 Å². The van der Waals surface area contributed by atoms with Crippen LogP contribution in [0.25, 0.3) is 0 Å². The van der Waals surface area contributed by atoms with Crippen LogP contribution in [0.4, 0.5) is 10.1 Å². The SMILES string of the molecule is O=C(C(=NCc1ccc(F)cc1)NNc1ccc(Cl)cc1)c1ccccc1. The molecule has 3 aromatic rings. The van der Waals surface area contributed by atoms with Crippen molar-refractivity contribution in [2.24, 2.45) is 4.99 Å². The smallest absolute Gasteiger partial charge is 0.229 e. The number of aliphatic imine (C=N–C) groups is 1. The molecule has 0 saturated carbocycles. The van der Waals surface area contributed by atoms with E-state index in [-0.39, 0.29) is 24.0 Å². The molecular formula is C21H17ClFN3O. The molecule has 0 amide bonds. The number of nitrogens with one attached hydrogen (secondary N) is 2. The van der Waals surface area contributed by atoms with Crippen LogP contribution in [0.15, 0.2) is 83.9 Å². The highest BCUT2D eigenvalue weighted by Gasteiger charge is 2.13. The van der Waals surface area contributed by atoms with E-state index >= 15 is 0 Å². The van der Waals surface area contributed by atoms with Crippen LogP contribution in [-0.4, -0.2) is 11.6 Å². The molecule has 6 heteroatoms. The van der Waals surface area contributed by atoms with Crippen LogP contribution < -0.4 is 10.9 Å². The standard InChI is InChI=1S/C21H17ClFN3O/c22-17-8-12-19(13-9-17)25-26-21(20(27)16-4-2-1-3-5-16)24-14-15-6-10-18(23)11-7-15/h1-13,25H,14H2,(H,24,26). The van der Waals surface area contributed by atoms with Crippen LogP contribution in [0.2, 0.25) is 5.02 Å². The molecule has 3 aromatic carbocycles. The molecule has 0 aromatic heterocycles. The zero-order valence-corrected chi connectivity index (χ0v) is 15.1. The van der Waals surface area contributed by atoms with Crippen molar-refractivity contribution in [1.29, 1.82) is 0 Å². The van der Waals surface area contributed by atoms with E-state index in [1.807, 2.05) is 6.07 Å². The Morgan fingerprint density at radius 3 is 2.26 bits per heavy atom. The summed E-state index contributed by atoms with van der Waals surface area (Å²) in [5.41, 5.74) is 7.86. The Kier molecular flexibility index (Phi) is 6.18. The van der Waals surface area contributed by atoms with E-state index in [0.717, 1.165) is 11.3 Å². The van der Waals surface area contributed by atoms with Crippen molar-refractivity contribution in [1.82, 2.24) is 5.43 Å². The Balaban J connectivity index is 1.78. The number of amidine groups is 1. The molecule has 0 radical (unpaired) electrons. The third-order valence-electron chi connectivity index (χ3n) is 3.75. The molecule has 0 unspecified atom stereocenters. The second-order valence-electron chi connectivity index (χ2n) is 5.74. The molecule has 0 aliphatic carbocycles. The molecule has 0 bridgehead atoms. The maximum atomic E-state index is 13.1. The number of hydrogen-bond donors (Lipinski definition) is 2. The van der Waals surface area contributed by atoms with Crippen molar-refractivity contribution in [3.05, 3.63) is 101 Å². The highest BCUT2D eigenvalue weighted by Crippen LogP contribution is 2.13. The topological polar surface area (TPSA) is 53.5 Å². The van der Waals surface area contributed by atoms with Gasteiger partial charge in [0.1, 0.15) is 5.82 Å². The number of halogens is 2. The van der Waals surface area contributed by atoms with Gasteiger partial charge in [0.05, 0.1) is 12.2 Å². The third kappa shape index (κ3) is 5.39. The summed E-state index contributed by atoms with van der Waals surface area (Å²) in [6, 6.07) is 21.9. The number of carbonyl (C=O) groups excluding carboxylic acids is 1. The summed E-state index contributed by atoms with van der Waals surface area (Å²) in [6.07, 6.45) is 0. The fourth-order valence-electron chi connectivity index (χ4n) is 2.32. The first-order valence-corrected chi connectivity index (χ1v) is 8.66. The first kappa shape index (κ1) is 18.6. The van der Waals surface area contributed by atoms with Crippen molar-refractivity contribution in [3.8, 4) is 0 Å². The van der Waals surface area contributed by atoms with E-state index in [4.69, 9.17) is 11.6 Å². The monoisotopic (exact) mass is 381 g/mol. The summed E-state index contributed by atoms with van der Waals surface area (Å²) in [7, 11) is 0. The molecule has 0 saturated heterocycles.